The lowest BCUT2D eigenvalue weighted by Crippen LogP contribution is -2.65. The number of para-hydroxylation sites is 6. The van der Waals surface area contributed by atoms with Gasteiger partial charge in [0.15, 0.2) is 5.82 Å². The van der Waals surface area contributed by atoms with Crippen LogP contribution in [0.2, 0.25) is 0 Å². The van der Waals surface area contributed by atoms with Crippen molar-refractivity contribution in [3.63, 3.8) is 0 Å². The maximum Gasteiger partial charge on any atom is 0.416 e. The van der Waals surface area contributed by atoms with Gasteiger partial charge in [0.25, 0.3) is 6.71 Å². The molecule has 0 atom stereocenters. The smallest absolute Gasteiger partial charge is 0.310 e. The Balaban J connectivity index is 0.935. The molecule has 0 aromatic heterocycles. The highest BCUT2D eigenvalue weighted by Gasteiger charge is 2.50. The van der Waals surface area contributed by atoms with E-state index in [0.717, 1.165) is 70.4 Å². The monoisotopic (exact) mass is 1380 g/mol. The zero-order valence-electron chi connectivity index (χ0n) is 53.9. The van der Waals surface area contributed by atoms with E-state index in [1.165, 1.54) is 57.2 Å². The predicted octanol–water partition coefficient (Wildman–Crippen LogP) is 20.8. The summed E-state index contributed by atoms with van der Waals surface area (Å²) in [6.07, 6.45) is -4.82. The Hall–Kier alpha value is -12.1. The molecule has 18 rings (SSSR count). The van der Waals surface area contributed by atoms with Crippen molar-refractivity contribution >= 4 is 143 Å². The van der Waals surface area contributed by atoms with Crippen molar-refractivity contribution in [1.29, 1.82) is 0 Å². The van der Waals surface area contributed by atoms with Gasteiger partial charge in [0.1, 0.15) is 52.0 Å². The minimum Gasteiger partial charge on any atom is -0.310 e. The maximum absolute atomic E-state index is 20.4. The van der Waals surface area contributed by atoms with Crippen LogP contribution in [-0.2, 0) is 6.18 Å². The molecule has 0 unspecified atom stereocenters. The van der Waals surface area contributed by atoms with Crippen molar-refractivity contribution in [3.05, 3.63) is 344 Å². The van der Waals surface area contributed by atoms with Crippen LogP contribution in [0.15, 0.2) is 307 Å². The quantitative estimate of drug-likeness (QED) is 0.0941. The fourth-order valence-electron chi connectivity index (χ4n) is 15.4. The van der Waals surface area contributed by atoms with Crippen molar-refractivity contribution in [2.45, 2.75) is 16.0 Å². The van der Waals surface area contributed by atoms with Crippen LogP contribution in [0.4, 0.5) is 129 Å². The van der Waals surface area contributed by atoms with E-state index in [1.54, 1.807) is 89.8 Å². The summed E-state index contributed by atoms with van der Waals surface area (Å²) >= 11 is 1.08. The highest BCUT2D eigenvalue weighted by molar-refractivity contribution is 8.00. The Kier molecular flexibility index (Phi) is 15.1. The zero-order valence-corrected chi connectivity index (χ0v) is 54.7. The first-order valence-corrected chi connectivity index (χ1v) is 33.9. The van der Waals surface area contributed by atoms with E-state index in [2.05, 4.69) is 6.07 Å². The van der Waals surface area contributed by atoms with Crippen LogP contribution in [0.5, 0.6) is 0 Å². The van der Waals surface area contributed by atoms with Gasteiger partial charge < -0.3 is 24.5 Å². The molecule has 0 aliphatic carbocycles. The van der Waals surface area contributed by atoms with Crippen LogP contribution in [-0.4, -0.2) is 13.4 Å². The third-order valence-electron chi connectivity index (χ3n) is 19.7. The Labute approximate surface area is 590 Å². The second-order valence-electron chi connectivity index (χ2n) is 25.5. The SMILES string of the molecule is Fc1cccc(F)c1N(c1ccccc1)c1cc2c3c(c1)N(c1c(F)cccc1F)c1ccccc1B3c1cc3c(c(F)c1N2c1ccc(C(F)(F)F)cc1)Sc1cc(N(c2ccc(-c4ccccc4)cc2)c2cccc(-c4ccccc4)c2)cc2c1B3c1ccccc1N2c1c(F)cccc1F. The van der Waals surface area contributed by atoms with E-state index in [0.29, 0.717) is 60.6 Å². The standard InChI is InChI=1S/C85H49B2F10N5S/c88-65-28-15-29-66(89)81(65)99(55-23-8-3-9-24-55)59-45-73-77-74(46-59)101(82-67(90)30-16-31-68(82)91)71-34-12-10-26-61(71)86(77)63-49-64-84(79(94)80(63)100(73)57-42-38-54(39-43-57)85(95,96)97)103-76-48-60(47-75-78(76)87(64)62-27-11-13-35-72(62)102(75)83-69(92)32-17-33-70(83)93)98(56-40-36-52(37-41-56)50-18-4-1-5-19-50)58-25-14-22-53(44-58)51-20-6-2-7-21-51/h1-49H. The minimum absolute atomic E-state index is 0.00846. The average molecular weight is 1380 g/mol. The summed E-state index contributed by atoms with van der Waals surface area (Å²) in [7, 11) is 0. The molecule has 4 aliphatic heterocycles. The lowest BCUT2D eigenvalue weighted by atomic mass is 9.31. The molecule has 14 aromatic rings. The molecule has 103 heavy (non-hydrogen) atoms. The molecule has 496 valence electrons. The van der Waals surface area contributed by atoms with Crippen LogP contribution >= 0.6 is 11.8 Å². The number of halogens is 10. The van der Waals surface area contributed by atoms with Gasteiger partial charge in [0, 0.05) is 66.7 Å². The molecule has 18 heteroatoms. The largest absolute Gasteiger partial charge is 0.416 e. The van der Waals surface area contributed by atoms with E-state index in [-0.39, 0.29) is 55.9 Å². The summed E-state index contributed by atoms with van der Waals surface area (Å²) in [5.41, 5.74) is 7.08. The van der Waals surface area contributed by atoms with Gasteiger partial charge in [-0.3, -0.25) is 0 Å². The van der Waals surface area contributed by atoms with Gasteiger partial charge in [-0.15, -0.1) is 0 Å². The summed E-state index contributed by atoms with van der Waals surface area (Å²) in [6.45, 7) is -1.97. The summed E-state index contributed by atoms with van der Waals surface area (Å²) in [4.78, 5) is 8.38. The van der Waals surface area contributed by atoms with Crippen molar-refractivity contribution in [2.75, 3.05) is 24.5 Å². The van der Waals surface area contributed by atoms with E-state index in [4.69, 9.17) is 0 Å². The molecule has 0 spiro atoms. The number of hydrogen-bond donors (Lipinski definition) is 0. The van der Waals surface area contributed by atoms with Gasteiger partial charge >= 0.3 is 6.18 Å². The topological polar surface area (TPSA) is 16.2 Å². The second kappa shape index (κ2) is 24.6. The predicted molar refractivity (Wildman–Crippen MR) is 395 cm³/mol. The summed E-state index contributed by atoms with van der Waals surface area (Å²) in [5, 5.41) is 0. The first-order valence-electron chi connectivity index (χ1n) is 33.1. The van der Waals surface area contributed by atoms with E-state index < -0.39 is 77.3 Å². The van der Waals surface area contributed by atoms with E-state index in [9.17, 15) is 13.2 Å². The average Bonchev–Trinajstić information content (AvgIpc) is 0.683. The molecule has 0 radical (unpaired) electrons. The van der Waals surface area contributed by atoms with E-state index >= 15 is 30.7 Å². The van der Waals surface area contributed by atoms with Crippen LogP contribution in [0.25, 0.3) is 22.3 Å². The van der Waals surface area contributed by atoms with Gasteiger partial charge in [-0.05, 0) is 183 Å². The van der Waals surface area contributed by atoms with Crippen molar-refractivity contribution < 1.29 is 43.9 Å². The highest BCUT2D eigenvalue weighted by atomic mass is 32.2. The Morgan fingerprint density at radius 1 is 0.301 bits per heavy atom. The molecule has 4 heterocycles. The van der Waals surface area contributed by atoms with Crippen molar-refractivity contribution in [2.24, 2.45) is 0 Å². The molecule has 0 fully saturated rings. The minimum atomic E-state index is -4.82. The molecule has 14 aromatic carbocycles. The summed E-state index contributed by atoms with van der Waals surface area (Å²) in [5.74, 6) is -6.47. The molecule has 4 aliphatic rings. The normalized spacial score (nSPS) is 13.0. The van der Waals surface area contributed by atoms with Gasteiger partial charge in [-0.1, -0.05) is 181 Å². The number of rotatable bonds is 11. The van der Waals surface area contributed by atoms with Crippen molar-refractivity contribution in [1.82, 2.24) is 0 Å². The summed E-state index contributed by atoms with van der Waals surface area (Å²) < 4.78 is 167. The zero-order chi connectivity index (χ0) is 70.1. The first-order chi connectivity index (χ1) is 50.2. The summed E-state index contributed by atoms with van der Waals surface area (Å²) in [6, 6.07) is 81.6. The maximum atomic E-state index is 20.4. The van der Waals surface area contributed by atoms with Crippen LogP contribution in [0, 0.1) is 40.7 Å². The third-order valence-corrected chi connectivity index (χ3v) is 20.9. The number of alkyl halides is 3. The number of anilines is 15. The molecule has 0 bridgehead atoms. The number of fused-ring (bicyclic) bond motifs is 8. The Morgan fingerprint density at radius 3 is 1.30 bits per heavy atom. The Bertz CT molecular complexity index is 5700. The van der Waals surface area contributed by atoms with Crippen LogP contribution in [0.1, 0.15) is 5.56 Å². The molecular weight excluding hydrogens is 1330 g/mol. The lowest BCUT2D eigenvalue weighted by Gasteiger charge is -2.46. The van der Waals surface area contributed by atoms with Crippen molar-refractivity contribution in [3.8, 4) is 22.3 Å². The molecular formula is C85H49B2F10N5S. The first kappa shape index (κ1) is 63.1. The molecule has 0 saturated heterocycles. The number of benzene rings is 14. The molecule has 0 amide bonds. The third kappa shape index (κ3) is 10.3. The lowest BCUT2D eigenvalue weighted by molar-refractivity contribution is -0.137. The highest BCUT2D eigenvalue weighted by Crippen LogP contribution is 2.54. The van der Waals surface area contributed by atoms with Crippen LogP contribution in [0.3, 0.4) is 0 Å². The molecule has 5 nitrogen and oxygen atoms in total. The fourth-order valence-corrected chi connectivity index (χ4v) is 16.6. The van der Waals surface area contributed by atoms with Gasteiger partial charge in [0.05, 0.1) is 16.9 Å². The molecule has 0 N–H and O–H groups in total. The molecule has 0 saturated carbocycles. The van der Waals surface area contributed by atoms with Gasteiger partial charge in [-0.25, -0.2) is 30.7 Å². The number of nitrogens with zero attached hydrogens (tertiary/aromatic N) is 5. The van der Waals surface area contributed by atoms with Crippen LogP contribution < -0.4 is 57.3 Å². The van der Waals surface area contributed by atoms with Gasteiger partial charge in [0.2, 0.25) is 6.71 Å². The Morgan fingerprint density at radius 2 is 0.738 bits per heavy atom. The number of hydrogen-bond acceptors (Lipinski definition) is 6. The fraction of sp³-hybridized carbons (Fsp3) is 0.0118. The van der Waals surface area contributed by atoms with E-state index in [1.807, 2.05) is 132 Å². The van der Waals surface area contributed by atoms with Gasteiger partial charge in [-0.2, -0.15) is 13.2 Å². The second-order valence-corrected chi connectivity index (χ2v) is 26.6.